The maximum Gasteiger partial charge on any atom is 0.512 e. The van der Waals surface area contributed by atoms with Crippen molar-refractivity contribution in [3.63, 3.8) is 0 Å². The molecule has 0 bridgehead atoms. The fraction of sp³-hybridized carbons (Fsp3) is 0.143. The summed E-state index contributed by atoms with van der Waals surface area (Å²) in [6.07, 6.45) is -0.106. The quantitative estimate of drug-likeness (QED) is 0.190. The van der Waals surface area contributed by atoms with Crippen LogP contribution in [0.4, 0.5) is 10.6 Å². The number of fused-ring (bicyclic) bond motifs is 2. The van der Waals surface area contributed by atoms with E-state index in [0.29, 0.717) is 25.3 Å². The molecule has 7 nitrogen and oxygen atoms in total. The van der Waals surface area contributed by atoms with Gasteiger partial charge in [-0.25, -0.2) is 9.78 Å². The zero-order valence-electron chi connectivity index (χ0n) is 19.2. The number of pyridine rings is 1. The predicted octanol–water partition coefficient (Wildman–Crippen LogP) is 6.34. The van der Waals surface area contributed by atoms with E-state index in [1.807, 2.05) is 61.5 Å². The van der Waals surface area contributed by atoms with Gasteiger partial charge >= 0.3 is 6.16 Å². The minimum atomic E-state index is -1.36. The number of nitrogens with one attached hydrogen (secondary N) is 1. The molecule has 0 saturated heterocycles. The third-order valence-electron chi connectivity index (χ3n) is 6.07. The first-order valence-electron chi connectivity index (χ1n) is 11.4. The molecule has 176 valence electrons. The van der Waals surface area contributed by atoms with Crippen LogP contribution in [-0.2, 0) is 6.42 Å². The number of carbonyl (C=O) groups is 1. The van der Waals surface area contributed by atoms with Crippen molar-refractivity contribution in [2.75, 3.05) is 12.3 Å². The first-order chi connectivity index (χ1) is 17.0. The lowest BCUT2D eigenvalue weighted by molar-refractivity contribution is 0.142. The highest BCUT2D eigenvalue weighted by Crippen LogP contribution is 2.37. The number of para-hydroxylation sites is 1. The number of hydrogen-bond acceptors (Lipinski definition) is 5. The number of aromatic nitrogens is 2. The summed E-state index contributed by atoms with van der Waals surface area (Å²) < 4.78 is 11.2. The van der Waals surface area contributed by atoms with Crippen LogP contribution in [0.15, 0.2) is 72.8 Å². The largest absolute Gasteiger partial charge is 0.512 e. The number of nitrogens with zero attached hydrogens (tertiary/aromatic N) is 1. The third-order valence-corrected chi connectivity index (χ3v) is 6.07. The van der Waals surface area contributed by atoms with Crippen LogP contribution in [0.3, 0.4) is 0 Å². The zero-order chi connectivity index (χ0) is 24.4. The Kier molecular flexibility index (Phi) is 5.97. The molecule has 0 amide bonds. The molecule has 3 aromatic carbocycles. The molecule has 0 atom stereocenters. The fourth-order valence-electron chi connectivity index (χ4n) is 4.51. The van der Waals surface area contributed by atoms with Crippen LogP contribution in [0, 0.1) is 6.92 Å². The van der Waals surface area contributed by atoms with E-state index in [-0.39, 0.29) is 5.88 Å². The average molecular weight is 468 g/mol. The molecule has 0 aliphatic heterocycles. The van der Waals surface area contributed by atoms with Crippen LogP contribution in [0.5, 0.6) is 11.6 Å². The average Bonchev–Trinajstić information content (AvgIpc) is 3.18. The van der Waals surface area contributed by atoms with Crippen molar-refractivity contribution in [1.29, 1.82) is 0 Å². The Morgan fingerprint density at radius 2 is 1.74 bits per heavy atom. The second-order valence-electron chi connectivity index (χ2n) is 8.33. The van der Waals surface area contributed by atoms with Gasteiger partial charge < -0.3 is 25.3 Å². The lowest BCUT2D eigenvalue weighted by Gasteiger charge is -2.10. The van der Waals surface area contributed by atoms with Crippen LogP contribution in [-0.4, -0.2) is 27.8 Å². The molecule has 5 aromatic rings. The summed E-state index contributed by atoms with van der Waals surface area (Å²) in [6.45, 7) is 2.38. The van der Waals surface area contributed by atoms with Gasteiger partial charge in [0, 0.05) is 33.2 Å². The van der Waals surface area contributed by atoms with E-state index in [2.05, 4.69) is 22.1 Å². The normalized spacial score (nSPS) is 11.1. The molecule has 0 aliphatic rings. The van der Waals surface area contributed by atoms with E-state index in [9.17, 15) is 9.90 Å². The summed E-state index contributed by atoms with van der Waals surface area (Å²) in [5.74, 6) is 1.51. The number of nitrogens with two attached hydrogens (primary N) is 1. The van der Waals surface area contributed by atoms with Crippen molar-refractivity contribution < 1.29 is 19.4 Å². The maximum atomic E-state index is 11.4. The number of ether oxygens (including phenoxy) is 2. The lowest BCUT2D eigenvalue weighted by Crippen LogP contribution is -2.06. The second-order valence-corrected chi connectivity index (χ2v) is 8.33. The summed E-state index contributed by atoms with van der Waals surface area (Å²) in [5, 5.41) is 12.4. The highest BCUT2D eigenvalue weighted by atomic mass is 16.7. The monoisotopic (exact) mass is 467 g/mol. The number of aromatic amines is 1. The second kappa shape index (κ2) is 9.38. The molecule has 0 spiro atoms. The first kappa shape index (κ1) is 22.3. The number of nitrogen functional groups attached to an aromatic ring is 1. The highest BCUT2D eigenvalue weighted by Gasteiger charge is 2.19. The van der Waals surface area contributed by atoms with Gasteiger partial charge in [-0.2, -0.15) is 0 Å². The van der Waals surface area contributed by atoms with Gasteiger partial charge in [-0.3, -0.25) is 0 Å². The van der Waals surface area contributed by atoms with Crippen molar-refractivity contribution in [3.05, 3.63) is 84.1 Å². The topological polar surface area (TPSA) is 110 Å². The minimum Gasteiger partial charge on any atom is -0.493 e. The van der Waals surface area contributed by atoms with Gasteiger partial charge in [-0.1, -0.05) is 54.6 Å². The zero-order valence-corrected chi connectivity index (χ0v) is 19.2. The van der Waals surface area contributed by atoms with Crippen molar-refractivity contribution in [1.82, 2.24) is 9.97 Å². The molecule has 4 N–H and O–H groups in total. The number of rotatable bonds is 7. The Morgan fingerprint density at radius 1 is 0.971 bits per heavy atom. The van der Waals surface area contributed by atoms with Crippen molar-refractivity contribution in [3.8, 4) is 22.8 Å². The number of benzene rings is 3. The van der Waals surface area contributed by atoms with Gasteiger partial charge in [0.25, 0.3) is 0 Å². The molecule has 0 unspecified atom stereocenters. The van der Waals surface area contributed by atoms with Gasteiger partial charge in [0.2, 0.25) is 5.88 Å². The third kappa shape index (κ3) is 4.48. The molecule has 2 heterocycles. The first-order valence-corrected chi connectivity index (χ1v) is 11.4. The van der Waals surface area contributed by atoms with E-state index >= 15 is 0 Å². The molecule has 7 heteroatoms. The van der Waals surface area contributed by atoms with Crippen LogP contribution in [0.2, 0.25) is 0 Å². The van der Waals surface area contributed by atoms with Gasteiger partial charge in [-0.15, -0.1) is 0 Å². The summed E-state index contributed by atoms with van der Waals surface area (Å²) >= 11 is 0. The van der Waals surface area contributed by atoms with E-state index in [4.69, 9.17) is 15.2 Å². The van der Waals surface area contributed by atoms with Gasteiger partial charge in [-0.05, 0) is 43.4 Å². The Bertz CT molecular complexity index is 1540. The van der Waals surface area contributed by atoms with Crippen molar-refractivity contribution >= 4 is 33.6 Å². The molecule has 0 aliphatic carbocycles. The van der Waals surface area contributed by atoms with Crippen LogP contribution in [0.1, 0.15) is 17.7 Å². The maximum absolute atomic E-state index is 11.4. The van der Waals surface area contributed by atoms with Crippen molar-refractivity contribution in [2.45, 2.75) is 19.8 Å². The molecular formula is C28H25N3O4. The summed E-state index contributed by atoms with van der Waals surface area (Å²) in [5.41, 5.74) is 10.0. The Morgan fingerprint density at radius 3 is 2.57 bits per heavy atom. The number of anilines is 1. The van der Waals surface area contributed by atoms with Gasteiger partial charge in [0.1, 0.15) is 11.6 Å². The predicted molar refractivity (Wildman–Crippen MR) is 137 cm³/mol. The van der Waals surface area contributed by atoms with E-state index in [0.717, 1.165) is 49.8 Å². The van der Waals surface area contributed by atoms with Crippen LogP contribution >= 0.6 is 0 Å². The Hall–Kier alpha value is -4.52. The Labute approximate surface area is 202 Å². The van der Waals surface area contributed by atoms with Gasteiger partial charge in [0.15, 0.2) is 0 Å². The molecule has 35 heavy (non-hydrogen) atoms. The molecule has 0 saturated carbocycles. The highest BCUT2D eigenvalue weighted by molar-refractivity contribution is 5.98. The number of H-pyrrole nitrogens is 1. The fourth-order valence-corrected chi connectivity index (χ4v) is 4.51. The lowest BCUT2D eigenvalue weighted by atomic mass is 9.99. The smallest absolute Gasteiger partial charge is 0.493 e. The van der Waals surface area contributed by atoms with E-state index in [1.54, 1.807) is 6.07 Å². The van der Waals surface area contributed by atoms with Crippen molar-refractivity contribution in [2.24, 2.45) is 0 Å². The molecule has 2 aromatic heterocycles. The van der Waals surface area contributed by atoms with Crippen LogP contribution in [0.25, 0.3) is 32.8 Å². The molecule has 0 radical (unpaired) electrons. The SMILES string of the molecule is Cc1nc(N)ccc1-c1cccc2c(CCCOc3cccc4ccccc34)c(OC(=O)O)[nH]c12. The summed E-state index contributed by atoms with van der Waals surface area (Å²) in [7, 11) is 0. The Balaban J connectivity index is 1.43. The van der Waals surface area contributed by atoms with E-state index in [1.165, 1.54) is 0 Å². The van der Waals surface area contributed by atoms with Gasteiger partial charge in [0.05, 0.1) is 12.1 Å². The molecular weight excluding hydrogens is 442 g/mol. The molecule has 0 fully saturated rings. The number of aryl methyl sites for hydroxylation is 2. The summed E-state index contributed by atoms with van der Waals surface area (Å²) in [6, 6.07) is 23.6. The minimum absolute atomic E-state index is 0.228. The number of hydrogen-bond donors (Lipinski definition) is 3. The van der Waals surface area contributed by atoms with E-state index < -0.39 is 6.16 Å². The number of carboxylic acid groups (broad SMARTS) is 1. The molecule has 5 rings (SSSR count). The standard InChI is InChI=1S/C28H25N3O4/c1-17-19(14-15-25(29)30-17)21-10-5-11-22-23(27(31-26(21)22)35-28(32)33)12-6-16-34-24-13-4-8-18-7-2-3-9-20(18)24/h2-5,7-11,13-15,31H,6,12,16H2,1H3,(H2,29,30)(H,32,33). The summed E-state index contributed by atoms with van der Waals surface area (Å²) in [4.78, 5) is 18.9. The van der Waals surface area contributed by atoms with Crippen LogP contribution < -0.4 is 15.2 Å².